The van der Waals surface area contributed by atoms with Crippen molar-refractivity contribution in [1.29, 1.82) is 0 Å². The quantitative estimate of drug-likeness (QED) is 0.252. The highest BCUT2D eigenvalue weighted by Gasteiger charge is 2.41. The molecule has 39 heavy (non-hydrogen) atoms. The minimum atomic E-state index is -0.988. The number of anilines is 1. The van der Waals surface area contributed by atoms with Gasteiger partial charge in [-0.15, -0.1) is 0 Å². The zero-order valence-electron chi connectivity index (χ0n) is 22.2. The van der Waals surface area contributed by atoms with Crippen LogP contribution in [0, 0.1) is 11.8 Å². The number of rotatable bonds is 10. The maximum atomic E-state index is 13.2. The number of fused-ring (bicyclic) bond motifs is 2. The van der Waals surface area contributed by atoms with Gasteiger partial charge >= 0.3 is 12.1 Å². The summed E-state index contributed by atoms with van der Waals surface area (Å²) in [5, 5.41) is 32.3. The lowest BCUT2D eigenvalue weighted by atomic mass is 9.99. The van der Waals surface area contributed by atoms with E-state index in [2.05, 4.69) is 21.3 Å². The fourth-order valence-electron chi connectivity index (χ4n) is 6.30. The van der Waals surface area contributed by atoms with Gasteiger partial charge in [-0.25, -0.2) is 9.59 Å². The second-order valence-electron chi connectivity index (χ2n) is 11.1. The summed E-state index contributed by atoms with van der Waals surface area (Å²) in [6, 6.07) is 3.81. The number of hydrogen-bond acceptors (Lipinski definition) is 8. The molecule has 3 heterocycles. The Hall–Kier alpha value is -2.93. The molecular weight excluding hydrogens is 506 g/mol. The summed E-state index contributed by atoms with van der Waals surface area (Å²) in [4.78, 5) is 39.4. The first-order chi connectivity index (χ1) is 18.8. The smallest absolute Gasteiger partial charge is 0.407 e. The number of carbonyl (C=O) groups excluding carboxylic acids is 3. The third-order valence-electron chi connectivity index (χ3n) is 8.37. The van der Waals surface area contributed by atoms with Crippen molar-refractivity contribution >= 4 is 23.7 Å². The van der Waals surface area contributed by atoms with E-state index in [9.17, 15) is 24.6 Å². The van der Waals surface area contributed by atoms with E-state index in [4.69, 9.17) is 9.47 Å². The van der Waals surface area contributed by atoms with Crippen LogP contribution in [0.3, 0.4) is 0 Å². The number of amides is 4. The summed E-state index contributed by atoms with van der Waals surface area (Å²) in [6.07, 6.45) is 1.37. The Bertz CT molecular complexity index is 1050. The number of aliphatic hydroxyl groups excluding tert-OH is 2. The van der Waals surface area contributed by atoms with Gasteiger partial charge in [0.2, 0.25) is 5.91 Å². The van der Waals surface area contributed by atoms with Gasteiger partial charge in [-0.1, -0.05) is 13.0 Å². The highest BCUT2D eigenvalue weighted by molar-refractivity contribution is 6.02. The molecule has 4 aliphatic rings. The lowest BCUT2D eigenvalue weighted by Crippen LogP contribution is -2.54. The predicted molar refractivity (Wildman–Crippen MR) is 141 cm³/mol. The van der Waals surface area contributed by atoms with Crippen LogP contribution in [0.2, 0.25) is 0 Å². The Morgan fingerprint density at radius 1 is 1.26 bits per heavy atom. The SMILES string of the molecule is CCC(NC(=O)OC1CC2CCO[C@@H]2C1)[C@H](O)CN(CC1CNC(=O)NC1)C1C(=O)Nc2ccc(CO)cc21. The second kappa shape index (κ2) is 12.1. The van der Waals surface area contributed by atoms with Gasteiger partial charge < -0.3 is 41.0 Å². The summed E-state index contributed by atoms with van der Waals surface area (Å²) < 4.78 is 11.4. The van der Waals surface area contributed by atoms with Crippen LogP contribution in [0.15, 0.2) is 18.2 Å². The number of aliphatic hydroxyl groups is 2. The number of hydrogen-bond donors (Lipinski definition) is 6. The average Bonchev–Trinajstić information content (AvgIpc) is 3.60. The topological polar surface area (TPSA) is 161 Å². The van der Waals surface area contributed by atoms with Crippen molar-refractivity contribution < 1.29 is 34.1 Å². The fraction of sp³-hybridized carbons (Fsp3) is 0.667. The summed E-state index contributed by atoms with van der Waals surface area (Å²) >= 11 is 0. The van der Waals surface area contributed by atoms with Gasteiger partial charge in [0, 0.05) is 56.4 Å². The Morgan fingerprint density at radius 3 is 2.77 bits per heavy atom. The fourth-order valence-corrected chi connectivity index (χ4v) is 6.30. The van der Waals surface area contributed by atoms with Crippen LogP contribution in [0.25, 0.3) is 0 Å². The van der Waals surface area contributed by atoms with E-state index in [1.54, 1.807) is 18.2 Å². The lowest BCUT2D eigenvalue weighted by molar-refractivity contribution is -0.121. The van der Waals surface area contributed by atoms with E-state index in [0.29, 0.717) is 49.6 Å². The maximum Gasteiger partial charge on any atom is 0.407 e. The van der Waals surface area contributed by atoms with Crippen molar-refractivity contribution in [3.63, 3.8) is 0 Å². The molecule has 3 aliphatic heterocycles. The molecule has 0 bridgehead atoms. The molecule has 5 rings (SSSR count). The van der Waals surface area contributed by atoms with E-state index >= 15 is 0 Å². The predicted octanol–water partition coefficient (Wildman–Crippen LogP) is 0.836. The molecule has 1 aromatic carbocycles. The molecule has 1 aromatic rings. The molecule has 4 unspecified atom stereocenters. The van der Waals surface area contributed by atoms with Crippen molar-refractivity contribution in [1.82, 2.24) is 20.9 Å². The number of nitrogens with one attached hydrogen (secondary N) is 4. The van der Waals surface area contributed by atoms with E-state index < -0.39 is 24.3 Å². The van der Waals surface area contributed by atoms with Crippen molar-refractivity contribution in [3.8, 4) is 0 Å². The van der Waals surface area contributed by atoms with Crippen LogP contribution in [-0.2, 0) is 20.9 Å². The monoisotopic (exact) mass is 545 g/mol. The van der Waals surface area contributed by atoms with Gasteiger partial charge in [0.15, 0.2) is 0 Å². The molecule has 4 amide bonds. The van der Waals surface area contributed by atoms with Crippen LogP contribution < -0.4 is 21.3 Å². The van der Waals surface area contributed by atoms with Crippen molar-refractivity contribution in [3.05, 3.63) is 29.3 Å². The van der Waals surface area contributed by atoms with Gasteiger partial charge in [-0.05, 0) is 42.9 Å². The Kier molecular flexibility index (Phi) is 8.55. The van der Waals surface area contributed by atoms with E-state index in [0.717, 1.165) is 25.0 Å². The standard InChI is InChI=1S/C27H39N5O7/c1-2-20(31-27(37)39-18-8-17-5-6-38-23(17)9-18)22(34)13-32(12-16-10-28-26(36)29-11-16)24-19-7-15(14-33)3-4-21(19)30-25(24)35/h3-4,7,16-18,20,22-24,33-34H,2,5-6,8-14H2,1H3,(H,30,35)(H,31,37)(H2,28,29,36)/t17?,18?,20?,22-,23-,24?/m1/s1. The van der Waals surface area contributed by atoms with Gasteiger partial charge in [0.1, 0.15) is 12.1 Å². The average molecular weight is 546 g/mol. The minimum Gasteiger partial charge on any atom is -0.446 e. The van der Waals surface area contributed by atoms with Crippen LogP contribution in [-0.4, -0.2) is 90.3 Å². The molecule has 3 fully saturated rings. The Balaban J connectivity index is 1.27. The number of alkyl carbamates (subject to hydrolysis) is 1. The number of carbonyl (C=O) groups is 3. The summed E-state index contributed by atoms with van der Waals surface area (Å²) in [5.74, 6) is 0.207. The molecule has 0 radical (unpaired) electrons. The van der Waals surface area contributed by atoms with Gasteiger partial charge in [0.05, 0.1) is 24.9 Å². The summed E-state index contributed by atoms with van der Waals surface area (Å²) in [5.41, 5.74) is 2.07. The Morgan fingerprint density at radius 2 is 2.05 bits per heavy atom. The lowest BCUT2D eigenvalue weighted by Gasteiger charge is -2.36. The zero-order chi connectivity index (χ0) is 27.5. The third-order valence-corrected chi connectivity index (χ3v) is 8.37. The van der Waals surface area contributed by atoms with Gasteiger partial charge in [-0.3, -0.25) is 9.69 Å². The first kappa shape index (κ1) is 27.6. The molecule has 12 nitrogen and oxygen atoms in total. The summed E-state index contributed by atoms with van der Waals surface area (Å²) in [7, 11) is 0. The molecule has 6 N–H and O–H groups in total. The molecule has 1 saturated carbocycles. The first-order valence-corrected chi connectivity index (χ1v) is 13.9. The van der Waals surface area contributed by atoms with Crippen LogP contribution in [0.5, 0.6) is 0 Å². The highest BCUT2D eigenvalue weighted by atomic mass is 16.6. The largest absolute Gasteiger partial charge is 0.446 e. The van der Waals surface area contributed by atoms with Crippen molar-refractivity contribution in [2.24, 2.45) is 11.8 Å². The molecule has 6 atom stereocenters. The number of benzene rings is 1. The van der Waals surface area contributed by atoms with Crippen molar-refractivity contribution in [2.45, 2.75) is 69.6 Å². The highest BCUT2D eigenvalue weighted by Crippen LogP contribution is 2.38. The van der Waals surface area contributed by atoms with Crippen LogP contribution >= 0.6 is 0 Å². The first-order valence-electron chi connectivity index (χ1n) is 13.9. The van der Waals surface area contributed by atoms with Crippen molar-refractivity contribution in [2.75, 3.05) is 38.1 Å². The number of ether oxygens (including phenoxy) is 2. The molecule has 214 valence electrons. The molecule has 1 aliphatic carbocycles. The molecule has 2 saturated heterocycles. The van der Waals surface area contributed by atoms with E-state index in [1.807, 2.05) is 11.8 Å². The molecule has 0 spiro atoms. The second-order valence-corrected chi connectivity index (χ2v) is 11.1. The van der Waals surface area contributed by atoms with Gasteiger partial charge in [0.25, 0.3) is 0 Å². The van der Waals surface area contributed by atoms with Crippen LogP contribution in [0.4, 0.5) is 15.3 Å². The summed E-state index contributed by atoms with van der Waals surface area (Å²) in [6.45, 7) is 3.87. The van der Waals surface area contributed by atoms with E-state index in [1.165, 1.54) is 0 Å². The number of nitrogens with zero attached hydrogens (tertiary/aromatic N) is 1. The zero-order valence-corrected chi connectivity index (χ0v) is 22.2. The maximum absolute atomic E-state index is 13.2. The number of urea groups is 1. The molecular formula is C27H39N5O7. The van der Waals surface area contributed by atoms with Gasteiger partial charge in [-0.2, -0.15) is 0 Å². The third kappa shape index (κ3) is 6.29. The van der Waals surface area contributed by atoms with E-state index in [-0.39, 0.29) is 43.2 Å². The normalized spacial score (nSPS) is 27.8. The van der Waals surface area contributed by atoms with Crippen LogP contribution in [0.1, 0.15) is 49.8 Å². The minimum absolute atomic E-state index is 0.00480. The molecule has 12 heteroatoms. The Labute approximate surface area is 227 Å². The molecule has 0 aromatic heterocycles.